The Morgan fingerprint density at radius 3 is 1.65 bits per heavy atom. The molecule has 0 aromatic rings. The highest BCUT2D eigenvalue weighted by Gasteiger charge is 2.22. The lowest BCUT2D eigenvalue weighted by atomic mass is 10.0. The number of rotatable bonds is 34. The summed E-state index contributed by atoms with van der Waals surface area (Å²) in [6.07, 6.45) is 38.0. The number of carbonyl (C=O) groups is 1. The van der Waals surface area contributed by atoms with Crippen LogP contribution in [0.25, 0.3) is 0 Å². The van der Waals surface area contributed by atoms with Crippen LogP contribution >= 0.6 is 7.82 Å². The average molecular weight is 699 g/mol. The predicted molar refractivity (Wildman–Crippen MR) is 201 cm³/mol. The molecule has 8 nitrogen and oxygen atoms in total. The Hall–Kier alpha value is -1.28. The molecule has 0 aliphatic rings. The van der Waals surface area contributed by atoms with E-state index >= 15 is 0 Å². The number of phosphoric acid groups is 1. The third-order valence-corrected chi connectivity index (χ3v) is 9.26. The van der Waals surface area contributed by atoms with Crippen molar-refractivity contribution in [2.45, 2.75) is 167 Å². The van der Waals surface area contributed by atoms with Gasteiger partial charge < -0.3 is 28.8 Å². The monoisotopic (exact) mass is 699 g/mol. The van der Waals surface area contributed by atoms with E-state index < -0.39 is 26.6 Å². The van der Waals surface area contributed by atoms with Gasteiger partial charge in [-0.2, -0.15) is 0 Å². The molecule has 282 valence electrons. The number of quaternary nitrogens is 1. The molecule has 0 radical (unpaired) electrons. The van der Waals surface area contributed by atoms with Crippen LogP contribution in [0.2, 0.25) is 0 Å². The molecule has 0 aliphatic heterocycles. The third kappa shape index (κ3) is 33.2. The molecule has 1 amide bonds. The van der Waals surface area contributed by atoms with E-state index in [-0.39, 0.29) is 18.9 Å². The number of phosphoric ester groups is 1. The first-order chi connectivity index (χ1) is 23.0. The molecule has 0 rings (SSSR count). The number of hydrogen-bond donors (Lipinski definition) is 2. The van der Waals surface area contributed by atoms with Crippen LogP contribution in [0.15, 0.2) is 36.5 Å². The number of allylic oxidation sites excluding steroid dienone is 5. The van der Waals surface area contributed by atoms with Gasteiger partial charge >= 0.3 is 0 Å². The fraction of sp³-hybridized carbons (Fsp3) is 0.821. The molecule has 0 saturated carbocycles. The Kier molecular flexibility index (Phi) is 30.8. The lowest BCUT2D eigenvalue weighted by Crippen LogP contribution is -2.45. The normalized spacial score (nSPS) is 15.1. The number of aliphatic hydroxyl groups excluding tert-OH is 1. The molecule has 48 heavy (non-hydrogen) atoms. The summed E-state index contributed by atoms with van der Waals surface area (Å²) in [5, 5.41) is 13.3. The van der Waals surface area contributed by atoms with Crippen LogP contribution in [0.5, 0.6) is 0 Å². The van der Waals surface area contributed by atoms with Crippen molar-refractivity contribution in [1.29, 1.82) is 0 Å². The fourth-order valence-electron chi connectivity index (χ4n) is 5.23. The molecular weight excluding hydrogens is 623 g/mol. The number of unbranched alkanes of at least 4 members (excludes halogenated alkanes) is 17. The van der Waals surface area contributed by atoms with Crippen LogP contribution in [0.1, 0.15) is 155 Å². The first-order valence-corrected chi connectivity index (χ1v) is 20.8. The summed E-state index contributed by atoms with van der Waals surface area (Å²) in [5.41, 5.74) is 0. The Morgan fingerprint density at radius 1 is 0.708 bits per heavy atom. The van der Waals surface area contributed by atoms with Crippen molar-refractivity contribution in [3.05, 3.63) is 36.5 Å². The predicted octanol–water partition coefficient (Wildman–Crippen LogP) is 9.33. The van der Waals surface area contributed by atoms with Crippen molar-refractivity contribution in [3.8, 4) is 0 Å². The van der Waals surface area contributed by atoms with Crippen LogP contribution in [0.4, 0.5) is 0 Å². The molecule has 0 aromatic heterocycles. The van der Waals surface area contributed by atoms with Gasteiger partial charge in [-0.3, -0.25) is 9.36 Å². The van der Waals surface area contributed by atoms with Crippen molar-refractivity contribution in [2.24, 2.45) is 0 Å². The zero-order chi connectivity index (χ0) is 35.8. The number of aliphatic hydroxyl groups is 1. The molecular formula is C39H75N2O6P. The van der Waals surface area contributed by atoms with E-state index in [2.05, 4.69) is 36.5 Å². The van der Waals surface area contributed by atoms with Gasteiger partial charge in [0.25, 0.3) is 7.82 Å². The maximum absolute atomic E-state index is 12.2. The van der Waals surface area contributed by atoms with Gasteiger partial charge in [-0.25, -0.2) is 0 Å². The molecule has 0 fully saturated rings. The Labute approximate surface area is 296 Å². The Bertz CT molecular complexity index is 886. The fourth-order valence-corrected chi connectivity index (χ4v) is 5.95. The molecule has 0 saturated heterocycles. The van der Waals surface area contributed by atoms with Gasteiger partial charge in [-0.05, 0) is 44.9 Å². The summed E-state index contributed by atoms with van der Waals surface area (Å²) in [6, 6.07) is -0.902. The molecule has 9 heteroatoms. The molecule has 2 N–H and O–H groups in total. The molecule has 0 heterocycles. The maximum Gasteiger partial charge on any atom is 0.268 e. The van der Waals surface area contributed by atoms with Crippen LogP contribution in [-0.4, -0.2) is 68.5 Å². The quantitative estimate of drug-likeness (QED) is 0.0300. The van der Waals surface area contributed by atoms with Crippen molar-refractivity contribution in [3.63, 3.8) is 0 Å². The average Bonchev–Trinajstić information content (AvgIpc) is 3.02. The highest BCUT2D eigenvalue weighted by Crippen LogP contribution is 2.38. The number of nitrogens with zero attached hydrogens (tertiary/aromatic N) is 1. The van der Waals surface area contributed by atoms with E-state index in [1.54, 1.807) is 6.08 Å². The summed E-state index contributed by atoms with van der Waals surface area (Å²) in [6.45, 7) is 4.23. The SMILES string of the molecule is CCCCCCCCCCCCCCCCC/C=C/CC/C=C/CC/C=C/C(O)C(COP(=O)([O-])OCC[N+](C)(C)C)NC(=O)CCC. The minimum Gasteiger partial charge on any atom is -0.756 e. The van der Waals surface area contributed by atoms with Gasteiger partial charge in [-0.1, -0.05) is 140 Å². The Morgan fingerprint density at radius 2 is 1.17 bits per heavy atom. The zero-order valence-corrected chi connectivity index (χ0v) is 32.6. The minimum atomic E-state index is -4.56. The zero-order valence-electron chi connectivity index (χ0n) is 31.7. The van der Waals surface area contributed by atoms with Crippen LogP contribution in [0, 0.1) is 0 Å². The van der Waals surface area contributed by atoms with E-state index in [4.69, 9.17) is 9.05 Å². The second-order valence-electron chi connectivity index (χ2n) is 14.3. The van der Waals surface area contributed by atoms with Gasteiger partial charge in [0, 0.05) is 6.42 Å². The molecule has 3 unspecified atom stereocenters. The number of hydrogen-bond acceptors (Lipinski definition) is 6. The Balaban J connectivity index is 4.01. The van der Waals surface area contributed by atoms with Gasteiger partial charge in [0.2, 0.25) is 5.91 Å². The van der Waals surface area contributed by atoms with Crippen molar-refractivity contribution in [2.75, 3.05) is 40.9 Å². The minimum absolute atomic E-state index is 0.0109. The van der Waals surface area contributed by atoms with E-state index in [1.807, 2.05) is 34.1 Å². The van der Waals surface area contributed by atoms with Gasteiger partial charge in [0.15, 0.2) is 0 Å². The van der Waals surface area contributed by atoms with Gasteiger partial charge in [-0.15, -0.1) is 0 Å². The summed E-state index contributed by atoms with van der Waals surface area (Å²) < 4.78 is 22.7. The van der Waals surface area contributed by atoms with Crippen LogP contribution in [-0.2, 0) is 18.4 Å². The molecule has 3 atom stereocenters. The highest BCUT2D eigenvalue weighted by molar-refractivity contribution is 7.45. The van der Waals surface area contributed by atoms with E-state index in [1.165, 1.54) is 103 Å². The first kappa shape index (κ1) is 46.7. The molecule has 0 aromatic carbocycles. The summed E-state index contributed by atoms with van der Waals surface area (Å²) in [5.74, 6) is -0.267. The van der Waals surface area contributed by atoms with Crippen LogP contribution < -0.4 is 10.2 Å². The standard InChI is InChI=1S/C39H75N2O6P/c1-6-8-9-10-11-12-13-14-15-16-17-18-19-20-21-22-23-24-25-26-27-28-29-30-31-33-38(42)37(40-39(43)32-7-2)36-47-48(44,45)46-35-34-41(3,4)5/h23-24,27-28,31,33,37-38,42H,6-22,25-26,29-30,32,34-36H2,1-5H3,(H-,40,43,44,45)/b24-23+,28-27+,33-31+. The number of amides is 1. The number of carbonyl (C=O) groups excluding carboxylic acids is 1. The first-order valence-electron chi connectivity index (χ1n) is 19.4. The molecule has 0 aliphatic carbocycles. The maximum atomic E-state index is 12.2. The van der Waals surface area contributed by atoms with Crippen molar-refractivity contribution < 1.29 is 32.9 Å². The van der Waals surface area contributed by atoms with Gasteiger partial charge in [0.05, 0.1) is 39.9 Å². The van der Waals surface area contributed by atoms with Crippen molar-refractivity contribution in [1.82, 2.24) is 5.32 Å². The van der Waals surface area contributed by atoms with Crippen molar-refractivity contribution >= 4 is 13.7 Å². The summed E-state index contributed by atoms with van der Waals surface area (Å²) in [4.78, 5) is 24.3. The highest BCUT2D eigenvalue weighted by atomic mass is 31.2. The smallest absolute Gasteiger partial charge is 0.268 e. The molecule has 0 spiro atoms. The summed E-state index contributed by atoms with van der Waals surface area (Å²) in [7, 11) is 1.22. The van der Waals surface area contributed by atoms with E-state index in [9.17, 15) is 19.4 Å². The lowest BCUT2D eigenvalue weighted by molar-refractivity contribution is -0.870. The largest absolute Gasteiger partial charge is 0.756 e. The number of likely N-dealkylation sites (N-methyl/N-ethyl adjacent to an activating group) is 1. The number of nitrogens with one attached hydrogen (secondary N) is 1. The lowest BCUT2D eigenvalue weighted by Gasteiger charge is -2.29. The van der Waals surface area contributed by atoms with E-state index in [0.717, 1.165) is 25.7 Å². The second kappa shape index (κ2) is 31.7. The second-order valence-corrected chi connectivity index (χ2v) is 15.7. The molecule has 0 bridgehead atoms. The van der Waals surface area contributed by atoms with Crippen LogP contribution in [0.3, 0.4) is 0 Å². The third-order valence-electron chi connectivity index (χ3n) is 8.30. The van der Waals surface area contributed by atoms with E-state index in [0.29, 0.717) is 17.4 Å². The van der Waals surface area contributed by atoms with Gasteiger partial charge in [0.1, 0.15) is 13.2 Å². The summed E-state index contributed by atoms with van der Waals surface area (Å²) >= 11 is 0. The topological polar surface area (TPSA) is 108 Å².